The van der Waals surface area contributed by atoms with Crippen molar-refractivity contribution >= 4 is 46.6 Å². The van der Waals surface area contributed by atoms with Crippen LogP contribution in [0.5, 0.6) is 0 Å². The van der Waals surface area contributed by atoms with Crippen LogP contribution in [0.2, 0.25) is 0 Å². The van der Waals surface area contributed by atoms with Crippen LogP contribution < -0.4 is 21.3 Å². The van der Waals surface area contributed by atoms with E-state index in [1.807, 2.05) is 94.7 Å². The number of dihydropyridines is 1. The molecule has 7 unspecified atom stereocenters. The Hall–Kier alpha value is -6.78. The molecule has 3 aromatic carbocycles. The Morgan fingerprint density at radius 1 is 0.757 bits per heavy atom. The number of carbonyl (C=O) groups excluding carboxylic acids is 5. The minimum atomic E-state index is -3.30. The Labute approximate surface area is 430 Å². The number of hydrogen-bond acceptors (Lipinski definition) is 9. The van der Waals surface area contributed by atoms with Gasteiger partial charge < -0.3 is 45.5 Å². The van der Waals surface area contributed by atoms with Crippen LogP contribution in [0.4, 0.5) is 18.4 Å². The highest BCUT2D eigenvalue weighted by Crippen LogP contribution is 2.57. The summed E-state index contributed by atoms with van der Waals surface area (Å²) in [6.07, 6.45) is 6.63. The standard InChI is InChI=1S/C57H68F2N8O7/c1-28(2)45(64-54(71)73-8)51(68)63-47(30(5)6)53(70)67-36-15-11-35(22-36)49(67)50-61-42-19-14-33(25-43(42)62-50)32-12-16-37-38-17-13-34(24-40(38)57(58,59)39(37)23-32)41-18-10-31(7)48(60-41)44-26-56(20-21-56)27-66(44)52(69)46(29(3)4)65-55(72)74-9/h12-14,16-19,23-25,28-30,35-36,44-47,49,60H,10-11,15,20-22,26-27H2,1-9H3,(H,61,62)(H,63,68)(H,64,71)(H,65,72). The maximum absolute atomic E-state index is 16.9. The molecule has 3 aliphatic heterocycles. The van der Waals surface area contributed by atoms with Crippen molar-refractivity contribution in [3.8, 4) is 22.3 Å². The van der Waals surface area contributed by atoms with E-state index < -0.39 is 42.1 Å². The Bertz CT molecular complexity index is 3010. The molecule has 4 fully saturated rings. The van der Waals surface area contributed by atoms with E-state index in [4.69, 9.17) is 14.5 Å². The summed E-state index contributed by atoms with van der Waals surface area (Å²) in [6.45, 7) is 13.8. The smallest absolute Gasteiger partial charge is 0.407 e. The van der Waals surface area contributed by atoms with Gasteiger partial charge in [-0.15, -0.1) is 0 Å². The summed E-state index contributed by atoms with van der Waals surface area (Å²) in [5.41, 5.74) is 6.87. The highest BCUT2D eigenvalue weighted by molar-refractivity contribution is 5.93. The number of aromatic amines is 1. The van der Waals surface area contributed by atoms with Gasteiger partial charge in [0.25, 0.3) is 5.92 Å². The number of alkyl carbamates (subject to hydrolysis) is 2. The molecular weight excluding hydrogens is 947 g/mol. The van der Waals surface area contributed by atoms with Crippen LogP contribution in [0.25, 0.3) is 39.0 Å². The number of nitrogens with one attached hydrogen (secondary N) is 5. The maximum atomic E-state index is 16.9. The Morgan fingerprint density at radius 3 is 1.99 bits per heavy atom. The van der Waals surface area contributed by atoms with Gasteiger partial charge in [0.15, 0.2) is 0 Å². The molecule has 2 bridgehead atoms. The fraction of sp³-hybridized carbons (Fsp3) is 0.509. The van der Waals surface area contributed by atoms with Crippen molar-refractivity contribution in [1.29, 1.82) is 0 Å². The second-order valence-corrected chi connectivity index (χ2v) is 22.6. The third-order valence-electron chi connectivity index (χ3n) is 16.7. The summed E-state index contributed by atoms with van der Waals surface area (Å²) in [5, 5.41) is 11.9. The Balaban J connectivity index is 0.873. The molecule has 4 aromatic rings. The van der Waals surface area contributed by atoms with Crippen LogP contribution in [0.15, 0.2) is 71.9 Å². The molecule has 15 nitrogen and oxygen atoms in total. The second-order valence-electron chi connectivity index (χ2n) is 22.6. The van der Waals surface area contributed by atoms with Crippen molar-refractivity contribution in [3.63, 3.8) is 0 Å². The first-order valence-electron chi connectivity index (χ1n) is 26.2. The number of rotatable bonds is 13. The van der Waals surface area contributed by atoms with E-state index in [1.54, 1.807) is 24.3 Å². The number of piperidine rings is 1. The first-order chi connectivity index (χ1) is 35.2. The van der Waals surface area contributed by atoms with Gasteiger partial charge in [-0.05, 0) is 139 Å². The minimum Gasteiger partial charge on any atom is -0.453 e. The molecule has 10 rings (SSSR count). The number of likely N-dealkylation sites (tertiary alicyclic amines) is 2. The van der Waals surface area contributed by atoms with Crippen molar-refractivity contribution in [1.82, 2.24) is 41.0 Å². The van der Waals surface area contributed by atoms with E-state index in [0.717, 1.165) is 55.4 Å². The average molecular weight is 1020 g/mol. The van der Waals surface area contributed by atoms with E-state index in [-0.39, 0.29) is 70.2 Å². The first-order valence-corrected chi connectivity index (χ1v) is 26.2. The Kier molecular flexibility index (Phi) is 13.1. The van der Waals surface area contributed by atoms with E-state index in [9.17, 15) is 24.0 Å². The molecule has 1 aromatic heterocycles. The van der Waals surface area contributed by atoms with Crippen LogP contribution in [0, 0.1) is 29.1 Å². The predicted octanol–water partition coefficient (Wildman–Crippen LogP) is 9.29. The van der Waals surface area contributed by atoms with E-state index in [0.29, 0.717) is 57.8 Å². The van der Waals surface area contributed by atoms with Gasteiger partial charge in [-0.25, -0.2) is 14.6 Å². The average Bonchev–Trinajstić information content (AvgIpc) is 3.84. The highest BCUT2D eigenvalue weighted by atomic mass is 19.3. The lowest BCUT2D eigenvalue weighted by molar-refractivity contribution is -0.142. The van der Waals surface area contributed by atoms with Gasteiger partial charge in [-0.3, -0.25) is 14.4 Å². The molecule has 3 aliphatic carbocycles. The number of allylic oxidation sites excluding steroid dienone is 2. The number of ether oxygens (including phenoxy) is 2. The van der Waals surface area contributed by atoms with Gasteiger partial charge in [-0.2, -0.15) is 8.78 Å². The number of nitrogens with zero attached hydrogens (tertiary/aromatic N) is 3. The molecule has 74 heavy (non-hydrogen) atoms. The molecule has 2 saturated heterocycles. The number of amides is 5. The molecule has 2 saturated carbocycles. The van der Waals surface area contributed by atoms with Crippen LogP contribution in [-0.4, -0.2) is 101 Å². The van der Waals surface area contributed by atoms with Crippen molar-refractivity contribution in [3.05, 3.63) is 94.5 Å². The molecule has 1 spiro atoms. The van der Waals surface area contributed by atoms with Crippen LogP contribution >= 0.6 is 0 Å². The fourth-order valence-corrected chi connectivity index (χ4v) is 12.4. The lowest BCUT2D eigenvalue weighted by atomic mass is 9.93. The van der Waals surface area contributed by atoms with Crippen molar-refractivity contribution in [2.24, 2.45) is 29.1 Å². The Morgan fingerprint density at radius 2 is 1.35 bits per heavy atom. The van der Waals surface area contributed by atoms with Gasteiger partial charge in [-0.1, -0.05) is 78.0 Å². The van der Waals surface area contributed by atoms with E-state index >= 15 is 8.78 Å². The molecule has 0 radical (unpaired) electrons. The number of H-pyrrole nitrogens is 1. The number of benzene rings is 3. The zero-order valence-corrected chi connectivity index (χ0v) is 43.7. The number of carbonyl (C=O) groups is 5. The zero-order valence-electron chi connectivity index (χ0n) is 43.7. The van der Waals surface area contributed by atoms with Gasteiger partial charge in [0.2, 0.25) is 17.7 Å². The summed E-state index contributed by atoms with van der Waals surface area (Å²) in [5.74, 6) is -4.02. The van der Waals surface area contributed by atoms with Gasteiger partial charge in [0, 0.05) is 35.1 Å². The molecule has 7 atom stereocenters. The summed E-state index contributed by atoms with van der Waals surface area (Å²) in [6, 6.07) is 13.0. The van der Waals surface area contributed by atoms with Crippen LogP contribution in [0.3, 0.4) is 0 Å². The number of aromatic nitrogens is 2. The molecule has 392 valence electrons. The van der Waals surface area contributed by atoms with Crippen LogP contribution in [0.1, 0.15) is 122 Å². The summed E-state index contributed by atoms with van der Waals surface area (Å²) in [7, 11) is 2.51. The fourth-order valence-electron chi connectivity index (χ4n) is 12.4. The van der Waals surface area contributed by atoms with Crippen LogP contribution in [-0.2, 0) is 29.8 Å². The molecule has 6 aliphatic rings. The predicted molar refractivity (Wildman–Crippen MR) is 276 cm³/mol. The first kappa shape index (κ1) is 50.7. The summed E-state index contributed by atoms with van der Waals surface area (Å²) >= 11 is 0. The number of hydrogen-bond donors (Lipinski definition) is 5. The quantitative estimate of drug-likeness (QED) is 0.0870. The normalized spacial score (nSPS) is 23.1. The molecular formula is C57H68F2N8O7. The molecule has 17 heteroatoms. The number of imidazole rings is 1. The topological polar surface area (TPSA) is 187 Å². The number of alkyl halides is 2. The third kappa shape index (κ3) is 8.96. The SMILES string of the molecule is COC(=O)NC(C(=O)NC(C(=O)N1C2CCC(C2)C1c1nc2ccc(-c3ccc4c(c3)C(F)(F)c3cc(C5=CCC(C)=C(C6CC7(CC7)CN6C(=O)C(NC(=O)OC)C(C)C)N5)ccc3-4)cc2[nH]1)C(C)C)C(C)C. The van der Waals surface area contributed by atoms with E-state index in [2.05, 4.69) is 26.3 Å². The second kappa shape index (κ2) is 19.2. The molecule has 4 heterocycles. The lowest BCUT2D eigenvalue weighted by Crippen LogP contribution is -2.58. The van der Waals surface area contributed by atoms with Crippen molar-refractivity contribution in [2.45, 2.75) is 136 Å². The number of fused-ring (bicyclic) bond motifs is 6. The summed E-state index contributed by atoms with van der Waals surface area (Å²) < 4.78 is 43.5. The molecule has 5 N–H and O–H groups in total. The third-order valence-corrected chi connectivity index (χ3v) is 16.7. The van der Waals surface area contributed by atoms with E-state index in [1.165, 1.54) is 14.2 Å². The largest absolute Gasteiger partial charge is 0.453 e. The molecule has 5 amide bonds. The van der Waals surface area contributed by atoms with Gasteiger partial charge in [0.05, 0.1) is 37.3 Å². The minimum absolute atomic E-state index is 0.0205. The maximum Gasteiger partial charge on any atom is 0.407 e. The van der Waals surface area contributed by atoms with Gasteiger partial charge in [0.1, 0.15) is 23.9 Å². The highest BCUT2D eigenvalue weighted by Gasteiger charge is 2.56. The monoisotopic (exact) mass is 1010 g/mol. The zero-order chi connectivity index (χ0) is 52.7. The van der Waals surface area contributed by atoms with Crippen molar-refractivity contribution < 1.29 is 42.2 Å². The number of halogens is 2. The number of methoxy groups -OCH3 is 2. The van der Waals surface area contributed by atoms with Gasteiger partial charge >= 0.3 is 12.2 Å². The lowest BCUT2D eigenvalue weighted by Gasteiger charge is -2.38. The summed E-state index contributed by atoms with van der Waals surface area (Å²) in [4.78, 5) is 79.1. The van der Waals surface area contributed by atoms with Crippen molar-refractivity contribution in [2.75, 3.05) is 20.8 Å².